The highest BCUT2D eigenvalue weighted by molar-refractivity contribution is 6.05. The number of amides is 1. The minimum atomic E-state index is -0.242. The highest BCUT2D eigenvalue weighted by atomic mass is 16.5. The molecule has 3 aromatic heterocycles. The Balaban J connectivity index is 1.49. The molecular formula is C26H21N7O2. The minimum absolute atomic E-state index is 0.242. The molecule has 9 heteroatoms. The van der Waals surface area contributed by atoms with E-state index < -0.39 is 0 Å². The van der Waals surface area contributed by atoms with Gasteiger partial charge in [0, 0.05) is 23.6 Å². The number of rotatable bonds is 7. The Kier molecular flexibility index (Phi) is 6.12. The van der Waals surface area contributed by atoms with Gasteiger partial charge in [-0.15, -0.1) is 0 Å². The Bertz CT molecular complexity index is 1480. The van der Waals surface area contributed by atoms with Gasteiger partial charge in [0.15, 0.2) is 5.65 Å². The lowest BCUT2D eigenvalue weighted by atomic mass is 10.1. The molecule has 0 unspecified atom stereocenters. The summed E-state index contributed by atoms with van der Waals surface area (Å²) in [5.74, 6) is 1.74. The molecule has 0 saturated heterocycles. The van der Waals surface area contributed by atoms with Gasteiger partial charge in [-0.3, -0.25) is 4.79 Å². The molecule has 1 amide bonds. The molecule has 0 saturated carbocycles. The quantitative estimate of drug-likeness (QED) is 0.303. The first kappa shape index (κ1) is 21.8. The second kappa shape index (κ2) is 9.84. The van der Waals surface area contributed by atoms with Crippen LogP contribution in [0.25, 0.3) is 11.0 Å². The molecule has 2 aromatic carbocycles. The molecule has 0 fully saturated rings. The lowest BCUT2D eigenvalue weighted by Crippen LogP contribution is -2.12. The summed E-state index contributed by atoms with van der Waals surface area (Å²) in [6, 6.07) is 23.6. The van der Waals surface area contributed by atoms with Gasteiger partial charge in [-0.2, -0.15) is 9.97 Å². The number of para-hydroxylation sites is 1. The number of nitrogens with zero attached hydrogens (tertiary/aromatic N) is 4. The summed E-state index contributed by atoms with van der Waals surface area (Å²) in [6.07, 6.45) is 3.34. The van der Waals surface area contributed by atoms with Crippen LogP contribution in [0.15, 0.2) is 91.3 Å². The molecule has 0 atom stereocenters. The number of methoxy groups -OCH3 is 1. The fraction of sp³-hybridized carbons (Fsp3) is 0.0385. The minimum Gasteiger partial charge on any atom is -0.495 e. The maximum Gasteiger partial charge on any atom is 0.255 e. The van der Waals surface area contributed by atoms with E-state index in [-0.39, 0.29) is 5.91 Å². The largest absolute Gasteiger partial charge is 0.495 e. The summed E-state index contributed by atoms with van der Waals surface area (Å²) in [4.78, 5) is 30.6. The number of ether oxygens (including phenoxy) is 1. The standard InChI is InChI=1S/C26H21N7O2/c1-35-21-13-12-17(25(34)29-18-8-3-2-4-9-18)16-20(21)30-24-19-10-7-15-28-23(19)32-26(33-24)31-22-11-5-6-14-27-22/h2-16H,1H3,(H,29,34)(H2,27,28,30,31,32,33). The smallest absolute Gasteiger partial charge is 0.255 e. The lowest BCUT2D eigenvalue weighted by Gasteiger charge is -2.15. The maximum absolute atomic E-state index is 12.9. The van der Waals surface area contributed by atoms with E-state index in [1.807, 2.05) is 60.7 Å². The molecule has 0 spiro atoms. The SMILES string of the molecule is COc1ccc(C(=O)Nc2ccccc2)cc1Nc1nc(Nc2ccccn2)nc2ncccc12. The van der Waals surface area contributed by atoms with Crippen molar-refractivity contribution in [3.8, 4) is 5.75 Å². The van der Waals surface area contributed by atoms with Crippen LogP contribution in [0, 0.1) is 0 Å². The van der Waals surface area contributed by atoms with Crippen LogP contribution in [-0.4, -0.2) is 33.0 Å². The molecule has 0 radical (unpaired) electrons. The van der Waals surface area contributed by atoms with Crippen LogP contribution in [0.3, 0.4) is 0 Å². The molecule has 35 heavy (non-hydrogen) atoms. The van der Waals surface area contributed by atoms with Crippen LogP contribution in [-0.2, 0) is 0 Å². The van der Waals surface area contributed by atoms with Crippen LogP contribution < -0.4 is 20.7 Å². The Morgan fingerprint density at radius 2 is 1.66 bits per heavy atom. The molecule has 0 bridgehead atoms. The number of nitrogens with one attached hydrogen (secondary N) is 3. The number of hydrogen-bond donors (Lipinski definition) is 3. The zero-order chi connectivity index (χ0) is 24.0. The highest BCUT2D eigenvalue weighted by Gasteiger charge is 2.15. The molecule has 0 aliphatic heterocycles. The average molecular weight is 464 g/mol. The number of fused-ring (bicyclic) bond motifs is 1. The van der Waals surface area contributed by atoms with Crippen LogP contribution in [0.1, 0.15) is 10.4 Å². The van der Waals surface area contributed by atoms with E-state index in [2.05, 4.69) is 35.9 Å². The van der Waals surface area contributed by atoms with Crippen molar-refractivity contribution in [2.24, 2.45) is 0 Å². The average Bonchev–Trinajstić information content (AvgIpc) is 2.90. The molecule has 3 N–H and O–H groups in total. The normalized spacial score (nSPS) is 10.5. The van der Waals surface area contributed by atoms with Crippen molar-refractivity contribution in [2.75, 3.05) is 23.1 Å². The van der Waals surface area contributed by atoms with Crippen molar-refractivity contribution in [3.05, 3.63) is 96.8 Å². The van der Waals surface area contributed by atoms with E-state index in [9.17, 15) is 4.79 Å². The van der Waals surface area contributed by atoms with Crippen molar-refractivity contribution < 1.29 is 9.53 Å². The van der Waals surface area contributed by atoms with Crippen molar-refractivity contribution in [2.45, 2.75) is 0 Å². The van der Waals surface area contributed by atoms with E-state index in [1.54, 1.807) is 37.7 Å². The van der Waals surface area contributed by atoms with Gasteiger partial charge in [0.1, 0.15) is 17.4 Å². The molecule has 0 aliphatic carbocycles. The van der Waals surface area contributed by atoms with Gasteiger partial charge in [0.05, 0.1) is 18.2 Å². The third-order valence-electron chi connectivity index (χ3n) is 5.12. The topological polar surface area (TPSA) is 114 Å². The van der Waals surface area contributed by atoms with Gasteiger partial charge < -0.3 is 20.7 Å². The van der Waals surface area contributed by atoms with E-state index in [0.717, 1.165) is 0 Å². The molecular weight excluding hydrogens is 442 g/mol. The molecule has 3 heterocycles. The van der Waals surface area contributed by atoms with E-state index >= 15 is 0 Å². The first-order valence-corrected chi connectivity index (χ1v) is 10.8. The van der Waals surface area contributed by atoms with E-state index in [4.69, 9.17) is 4.74 Å². The van der Waals surface area contributed by atoms with Crippen LogP contribution in [0.5, 0.6) is 5.75 Å². The zero-order valence-electron chi connectivity index (χ0n) is 18.8. The number of carbonyl (C=O) groups is 1. The van der Waals surface area contributed by atoms with E-state index in [0.29, 0.717) is 51.3 Å². The Labute approximate surface area is 201 Å². The first-order valence-electron chi connectivity index (χ1n) is 10.8. The van der Waals surface area contributed by atoms with Gasteiger partial charge in [-0.05, 0) is 54.6 Å². The van der Waals surface area contributed by atoms with E-state index in [1.165, 1.54) is 0 Å². The summed E-state index contributed by atoms with van der Waals surface area (Å²) in [7, 11) is 1.57. The molecule has 5 rings (SSSR count). The number of hydrogen-bond acceptors (Lipinski definition) is 8. The van der Waals surface area contributed by atoms with Crippen molar-refractivity contribution in [1.29, 1.82) is 0 Å². The Hall–Kier alpha value is -5.05. The molecule has 0 aliphatic rings. The number of carbonyl (C=O) groups excluding carboxylic acids is 1. The van der Waals surface area contributed by atoms with Crippen molar-refractivity contribution >= 4 is 45.9 Å². The second-order valence-electron chi connectivity index (χ2n) is 7.47. The van der Waals surface area contributed by atoms with Gasteiger partial charge in [-0.1, -0.05) is 24.3 Å². The van der Waals surface area contributed by atoms with Crippen LogP contribution >= 0.6 is 0 Å². The number of aromatic nitrogens is 4. The Morgan fingerprint density at radius 1 is 0.829 bits per heavy atom. The summed E-state index contributed by atoms with van der Waals surface area (Å²) in [6.45, 7) is 0. The maximum atomic E-state index is 12.9. The highest BCUT2D eigenvalue weighted by Crippen LogP contribution is 2.31. The fourth-order valence-electron chi connectivity index (χ4n) is 3.46. The summed E-state index contributed by atoms with van der Waals surface area (Å²) in [5, 5.41) is 10.00. The Morgan fingerprint density at radius 3 is 2.46 bits per heavy atom. The zero-order valence-corrected chi connectivity index (χ0v) is 18.8. The van der Waals surface area contributed by atoms with Gasteiger partial charge in [0.2, 0.25) is 5.95 Å². The van der Waals surface area contributed by atoms with Gasteiger partial charge in [0.25, 0.3) is 5.91 Å². The second-order valence-corrected chi connectivity index (χ2v) is 7.47. The third-order valence-corrected chi connectivity index (χ3v) is 5.12. The van der Waals surface area contributed by atoms with Gasteiger partial charge in [-0.25, -0.2) is 9.97 Å². The summed E-state index contributed by atoms with van der Waals surface area (Å²) in [5.41, 5.74) is 2.24. The summed E-state index contributed by atoms with van der Waals surface area (Å²) < 4.78 is 5.53. The molecule has 172 valence electrons. The monoisotopic (exact) mass is 463 g/mol. The fourth-order valence-corrected chi connectivity index (χ4v) is 3.46. The first-order chi connectivity index (χ1) is 17.2. The lowest BCUT2D eigenvalue weighted by molar-refractivity contribution is 0.102. The van der Waals surface area contributed by atoms with Crippen molar-refractivity contribution in [1.82, 2.24) is 19.9 Å². The molecule has 5 aromatic rings. The number of benzene rings is 2. The molecule has 9 nitrogen and oxygen atoms in total. The van der Waals surface area contributed by atoms with Gasteiger partial charge >= 0.3 is 0 Å². The summed E-state index contributed by atoms with van der Waals surface area (Å²) >= 11 is 0. The predicted octanol–water partition coefficient (Wildman–Crippen LogP) is 5.17. The predicted molar refractivity (Wildman–Crippen MR) is 136 cm³/mol. The number of anilines is 5. The third kappa shape index (κ3) is 4.98. The number of pyridine rings is 2. The van der Waals surface area contributed by atoms with Crippen LogP contribution in [0.4, 0.5) is 29.0 Å². The van der Waals surface area contributed by atoms with Crippen molar-refractivity contribution in [3.63, 3.8) is 0 Å². The van der Waals surface area contributed by atoms with Crippen LogP contribution in [0.2, 0.25) is 0 Å².